The van der Waals surface area contributed by atoms with Gasteiger partial charge in [-0.1, -0.05) is 13.8 Å². The fourth-order valence-corrected chi connectivity index (χ4v) is 1.05. The highest BCUT2D eigenvalue weighted by atomic mass is 16.7. The Balaban J connectivity index is 4.13. The summed E-state index contributed by atoms with van der Waals surface area (Å²) in [4.78, 5) is 26.8. The second-order valence-electron chi connectivity index (χ2n) is 5.18. The maximum Gasteiger partial charge on any atom is 0.431 e. The summed E-state index contributed by atoms with van der Waals surface area (Å²) in [6.45, 7) is 8.85. The van der Waals surface area contributed by atoms with Gasteiger partial charge in [0.15, 0.2) is 6.10 Å². The number of nitrogens with one attached hydrogen (secondary N) is 1. The molecule has 0 unspecified atom stereocenters. The molecule has 0 aliphatic carbocycles. The molecule has 17 heavy (non-hydrogen) atoms. The van der Waals surface area contributed by atoms with Crippen molar-refractivity contribution in [1.29, 1.82) is 0 Å². The molecule has 6 heteroatoms. The summed E-state index contributed by atoms with van der Waals surface area (Å²) in [7, 11) is 0. The Labute approximate surface area is 101 Å². The zero-order valence-corrected chi connectivity index (χ0v) is 10.9. The van der Waals surface area contributed by atoms with E-state index in [4.69, 9.17) is 14.7 Å². The van der Waals surface area contributed by atoms with Gasteiger partial charge in [-0.3, -0.25) is 4.84 Å². The van der Waals surface area contributed by atoms with Crippen molar-refractivity contribution in [3.63, 3.8) is 0 Å². The lowest BCUT2D eigenvalue weighted by atomic mass is 10.1. The first-order chi connectivity index (χ1) is 7.61. The van der Waals surface area contributed by atoms with Crippen LogP contribution in [0.15, 0.2) is 0 Å². The van der Waals surface area contributed by atoms with Crippen LogP contribution < -0.4 is 5.48 Å². The summed E-state index contributed by atoms with van der Waals surface area (Å²) in [5.74, 6) is -0.966. The maximum absolute atomic E-state index is 11.2. The summed E-state index contributed by atoms with van der Waals surface area (Å²) in [5.41, 5.74) is 1.34. The van der Waals surface area contributed by atoms with E-state index >= 15 is 0 Å². The molecule has 0 rings (SSSR count). The average Bonchev–Trinajstić information content (AvgIpc) is 2.08. The molecule has 0 aliphatic rings. The van der Waals surface area contributed by atoms with Crippen molar-refractivity contribution in [3.05, 3.63) is 0 Å². The normalized spacial score (nSPS) is 13.3. The van der Waals surface area contributed by atoms with Gasteiger partial charge in [-0.25, -0.2) is 9.59 Å². The molecule has 0 aromatic rings. The Bertz CT molecular complexity index is 270. The molecule has 0 saturated carbocycles. The summed E-state index contributed by atoms with van der Waals surface area (Å²) < 4.78 is 4.90. The minimum Gasteiger partial charge on any atom is -0.479 e. The molecule has 0 saturated heterocycles. The van der Waals surface area contributed by atoms with Gasteiger partial charge in [-0.2, -0.15) is 5.48 Å². The molecule has 1 atom stereocenters. The van der Waals surface area contributed by atoms with Crippen molar-refractivity contribution in [2.75, 3.05) is 0 Å². The molecule has 0 fully saturated rings. The second kappa shape index (κ2) is 6.44. The Hall–Kier alpha value is -1.30. The van der Waals surface area contributed by atoms with E-state index < -0.39 is 23.8 Å². The summed E-state index contributed by atoms with van der Waals surface area (Å²) in [5, 5.41) is 8.85. The average molecular weight is 247 g/mol. The molecule has 0 heterocycles. The molecule has 2 N–H and O–H groups in total. The van der Waals surface area contributed by atoms with Crippen LogP contribution in [-0.4, -0.2) is 28.9 Å². The molecule has 0 radical (unpaired) electrons. The van der Waals surface area contributed by atoms with Crippen molar-refractivity contribution < 1.29 is 24.3 Å². The number of hydroxylamine groups is 1. The van der Waals surface area contributed by atoms with Gasteiger partial charge in [0, 0.05) is 0 Å². The zero-order chi connectivity index (χ0) is 13.6. The molecule has 0 aromatic carbocycles. The highest BCUT2D eigenvalue weighted by molar-refractivity contribution is 5.73. The lowest BCUT2D eigenvalue weighted by Gasteiger charge is -2.21. The van der Waals surface area contributed by atoms with Crippen LogP contribution in [0.3, 0.4) is 0 Å². The fourth-order valence-electron chi connectivity index (χ4n) is 1.05. The Morgan fingerprint density at radius 3 is 2.18 bits per heavy atom. The van der Waals surface area contributed by atoms with Gasteiger partial charge in [0.1, 0.15) is 5.60 Å². The second-order valence-corrected chi connectivity index (χ2v) is 5.18. The van der Waals surface area contributed by atoms with Crippen LogP contribution in [0.1, 0.15) is 41.0 Å². The van der Waals surface area contributed by atoms with Gasteiger partial charge >= 0.3 is 12.1 Å². The monoisotopic (exact) mass is 247 g/mol. The van der Waals surface area contributed by atoms with Gasteiger partial charge in [0.05, 0.1) is 0 Å². The number of carbonyl (C=O) groups is 2. The number of hydrogen-bond donors (Lipinski definition) is 2. The molecule has 0 spiro atoms. The number of amides is 1. The molecule has 1 amide bonds. The molecule has 0 aliphatic heterocycles. The third-order valence-corrected chi connectivity index (χ3v) is 1.64. The predicted octanol–water partition coefficient (Wildman–Crippen LogP) is 1.94. The zero-order valence-electron chi connectivity index (χ0n) is 10.9. The number of carboxylic acids is 1. The van der Waals surface area contributed by atoms with E-state index in [9.17, 15) is 9.59 Å². The van der Waals surface area contributed by atoms with Crippen LogP contribution in [0.25, 0.3) is 0 Å². The Morgan fingerprint density at radius 1 is 1.29 bits per heavy atom. The van der Waals surface area contributed by atoms with Crippen LogP contribution in [0.2, 0.25) is 0 Å². The first-order valence-electron chi connectivity index (χ1n) is 5.49. The van der Waals surface area contributed by atoms with Crippen LogP contribution in [0.4, 0.5) is 4.79 Å². The van der Waals surface area contributed by atoms with Gasteiger partial charge in [0.2, 0.25) is 0 Å². The minimum absolute atomic E-state index is 0.150. The Kier molecular flexibility index (Phi) is 5.95. The maximum atomic E-state index is 11.2. The van der Waals surface area contributed by atoms with Crippen LogP contribution in [0, 0.1) is 5.92 Å². The van der Waals surface area contributed by atoms with Gasteiger partial charge in [0.25, 0.3) is 0 Å². The van der Waals surface area contributed by atoms with Crippen LogP contribution in [-0.2, 0) is 14.4 Å². The number of carbonyl (C=O) groups excluding carboxylic acids is 1. The van der Waals surface area contributed by atoms with E-state index in [1.54, 1.807) is 20.8 Å². The van der Waals surface area contributed by atoms with Crippen molar-refractivity contribution in [2.24, 2.45) is 5.92 Å². The predicted molar refractivity (Wildman–Crippen MR) is 61.3 cm³/mol. The van der Waals surface area contributed by atoms with Crippen LogP contribution >= 0.6 is 0 Å². The van der Waals surface area contributed by atoms with Gasteiger partial charge in [-0.15, -0.1) is 0 Å². The summed E-state index contributed by atoms with van der Waals surface area (Å²) >= 11 is 0. The Morgan fingerprint density at radius 2 is 1.82 bits per heavy atom. The number of ether oxygens (including phenoxy) is 1. The van der Waals surface area contributed by atoms with E-state index in [1.165, 1.54) is 0 Å². The topological polar surface area (TPSA) is 84.9 Å². The first-order valence-corrected chi connectivity index (χ1v) is 5.49. The summed E-state index contributed by atoms with van der Waals surface area (Å²) in [6.07, 6.45) is -1.56. The quantitative estimate of drug-likeness (QED) is 0.725. The lowest BCUT2D eigenvalue weighted by Crippen LogP contribution is -2.38. The molecule has 0 bridgehead atoms. The van der Waals surface area contributed by atoms with Gasteiger partial charge in [-0.05, 0) is 33.1 Å². The van der Waals surface area contributed by atoms with Crippen molar-refractivity contribution in [1.82, 2.24) is 5.48 Å². The lowest BCUT2D eigenvalue weighted by molar-refractivity contribution is -0.156. The van der Waals surface area contributed by atoms with Crippen molar-refractivity contribution in [3.8, 4) is 0 Å². The number of carboxylic acid groups (broad SMARTS) is 1. The van der Waals surface area contributed by atoms with E-state index in [-0.39, 0.29) is 5.92 Å². The standard InChI is InChI=1S/C11H21NO5/c1-7(2)6-8(9(13)14)17-12-10(15)16-11(3,4)5/h7-8H,6H2,1-5H3,(H,12,15)(H,13,14)/t8-/m1/s1. The molecule has 0 aromatic heterocycles. The fraction of sp³-hybridized carbons (Fsp3) is 0.818. The number of aliphatic carboxylic acids is 1. The third kappa shape index (κ3) is 8.50. The smallest absolute Gasteiger partial charge is 0.431 e. The highest BCUT2D eigenvalue weighted by Crippen LogP contribution is 2.09. The largest absolute Gasteiger partial charge is 0.479 e. The molecular weight excluding hydrogens is 226 g/mol. The van der Waals surface area contributed by atoms with E-state index in [1.807, 2.05) is 19.3 Å². The molecule has 100 valence electrons. The summed E-state index contributed by atoms with van der Waals surface area (Å²) in [6, 6.07) is 0. The molecular formula is C11H21NO5. The van der Waals surface area contributed by atoms with Crippen molar-refractivity contribution in [2.45, 2.75) is 52.7 Å². The molecule has 6 nitrogen and oxygen atoms in total. The van der Waals surface area contributed by atoms with E-state index in [0.29, 0.717) is 6.42 Å². The van der Waals surface area contributed by atoms with E-state index in [2.05, 4.69) is 0 Å². The third-order valence-electron chi connectivity index (χ3n) is 1.64. The minimum atomic E-state index is -1.12. The van der Waals surface area contributed by atoms with Crippen molar-refractivity contribution >= 4 is 12.1 Å². The van der Waals surface area contributed by atoms with Gasteiger partial charge < -0.3 is 9.84 Å². The number of hydrogen-bond acceptors (Lipinski definition) is 4. The highest BCUT2D eigenvalue weighted by Gasteiger charge is 2.23. The first kappa shape index (κ1) is 15.7. The van der Waals surface area contributed by atoms with Crippen LogP contribution in [0.5, 0.6) is 0 Å². The number of rotatable bonds is 5. The van der Waals surface area contributed by atoms with E-state index in [0.717, 1.165) is 0 Å². The SMILES string of the molecule is CC(C)C[C@@H](ONC(=O)OC(C)(C)C)C(=O)O.